The molecule has 0 aromatic heterocycles. The molecule has 17 heavy (non-hydrogen) atoms. The molecule has 0 amide bonds. The van der Waals surface area contributed by atoms with Crippen LogP contribution in [-0.4, -0.2) is 5.51 Å². The zero-order valence-corrected chi connectivity index (χ0v) is 10.1. The number of alkyl halides is 3. The summed E-state index contributed by atoms with van der Waals surface area (Å²) in [6, 6.07) is 4.99. The molecule has 0 heterocycles. The van der Waals surface area contributed by atoms with Crippen molar-refractivity contribution in [1.29, 1.82) is 0 Å². The number of hydrogen-bond donors (Lipinski definition) is 0. The largest absolute Gasteiger partial charge is 0.446 e. The van der Waals surface area contributed by atoms with Crippen LogP contribution >= 0.6 is 11.8 Å². The molecule has 0 aliphatic heterocycles. The summed E-state index contributed by atoms with van der Waals surface area (Å²) < 4.78 is 37.1. The zero-order chi connectivity index (χ0) is 12.5. The van der Waals surface area contributed by atoms with Crippen molar-refractivity contribution in [1.82, 2.24) is 0 Å². The molecule has 1 aliphatic rings. The summed E-state index contributed by atoms with van der Waals surface area (Å²) in [6.07, 6.45) is 2.14. The second kappa shape index (κ2) is 4.66. The molecular formula is C13H11F3S. The summed E-state index contributed by atoms with van der Waals surface area (Å²) in [6.45, 7) is 1.78. The van der Waals surface area contributed by atoms with Gasteiger partial charge in [0.15, 0.2) is 0 Å². The predicted molar refractivity (Wildman–Crippen MR) is 62.7 cm³/mol. The summed E-state index contributed by atoms with van der Waals surface area (Å²) in [4.78, 5) is 0.200. The lowest BCUT2D eigenvalue weighted by atomic mass is 10.1. The van der Waals surface area contributed by atoms with Crippen molar-refractivity contribution >= 4 is 11.8 Å². The fourth-order valence-electron chi connectivity index (χ4n) is 1.35. The summed E-state index contributed by atoms with van der Waals surface area (Å²) in [5.74, 6) is 6.23. The highest BCUT2D eigenvalue weighted by molar-refractivity contribution is 8.00. The normalized spacial score (nSPS) is 15.3. The standard InChI is InChI=1S/C13H11F3S/c1-9-2-6-11(7-5-10-3-4-10)12(8-9)17-13(14,15)16/h2,6,8,10H,3-4H2,1H3. The molecule has 0 radical (unpaired) electrons. The second-order valence-corrected chi connectivity index (χ2v) is 5.20. The number of hydrogen-bond acceptors (Lipinski definition) is 1. The maximum Gasteiger partial charge on any atom is 0.446 e. The Hall–Kier alpha value is -1.08. The van der Waals surface area contributed by atoms with Gasteiger partial charge < -0.3 is 0 Å². The number of rotatable bonds is 1. The molecule has 0 saturated heterocycles. The highest BCUT2D eigenvalue weighted by Gasteiger charge is 2.30. The van der Waals surface area contributed by atoms with Crippen LogP contribution in [0.25, 0.3) is 0 Å². The number of thioether (sulfide) groups is 1. The third-order valence-electron chi connectivity index (χ3n) is 2.35. The van der Waals surface area contributed by atoms with Gasteiger partial charge in [-0.3, -0.25) is 0 Å². The van der Waals surface area contributed by atoms with Crippen LogP contribution in [0.3, 0.4) is 0 Å². The Morgan fingerprint density at radius 1 is 1.29 bits per heavy atom. The molecule has 0 unspecified atom stereocenters. The average Bonchev–Trinajstić information content (AvgIpc) is 2.97. The minimum atomic E-state index is -4.26. The third kappa shape index (κ3) is 4.01. The van der Waals surface area contributed by atoms with Crippen molar-refractivity contribution in [2.75, 3.05) is 0 Å². The lowest BCUT2D eigenvalue weighted by molar-refractivity contribution is -0.0328. The first kappa shape index (κ1) is 12.4. The van der Waals surface area contributed by atoms with E-state index in [1.54, 1.807) is 19.1 Å². The second-order valence-electron chi connectivity index (χ2n) is 4.09. The van der Waals surface area contributed by atoms with Crippen molar-refractivity contribution in [3.05, 3.63) is 29.3 Å². The Morgan fingerprint density at radius 2 is 2.00 bits per heavy atom. The molecule has 0 N–H and O–H groups in total. The Bertz CT molecular complexity index is 476. The molecule has 1 fully saturated rings. The third-order valence-corrected chi connectivity index (χ3v) is 3.14. The monoisotopic (exact) mass is 256 g/mol. The summed E-state index contributed by atoms with van der Waals surface area (Å²) in [5, 5.41) is 0. The van der Waals surface area contributed by atoms with E-state index in [1.807, 2.05) is 0 Å². The lowest BCUT2D eigenvalue weighted by Crippen LogP contribution is -2.00. The highest BCUT2D eigenvalue weighted by Crippen LogP contribution is 2.39. The SMILES string of the molecule is Cc1ccc(C#CC2CC2)c(SC(F)(F)F)c1. The van der Waals surface area contributed by atoms with Crippen LogP contribution in [0.15, 0.2) is 23.1 Å². The molecule has 0 spiro atoms. The summed E-state index contributed by atoms with van der Waals surface area (Å²) in [5.41, 5.74) is -2.97. The Labute approximate surface area is 103 Å². The maximum absolute atomic E-state index is 12.4. The van der Waals surface area contributed by atoms with Gasteiger partial charge in [-0.25, -0.2) is 0 Å². The number of aryl methyl sites for hydroxylation is 1. The topological polar surface area (TPSA) is 0 Å². The molecule has 0 atom stereocenters. The van der Waals surface area contributed by atoms with Gasteiger partial charge in [-0.2, -0.15) is 13.2 Å². The van der Waals surface area contributed by atoms with E-state index in [4.69, 9.17) is 0 Å². The maximum atomic E-state index is 12.4. The van der Waals surface area contributed by atoms with Crippen LogP contribution in [0, 0.1) is 24.7 Å². The van der Waals surface area contributed by atoms with E-state index in [0.29, 0.717) is 11.5 Å². The van der Waals surface area contributed by atoms with E-state index in [9.17, 15) is 13.2 Å². The Kier molecular flexibility index (Phi) is 3.39. The first-order chi connectivity index (χ1) is 7.94. The van der Waals surface area contributed by atoms with E-state index in [0.717, 1.165) is 18.4 Å². The smallest absolute Gasteiger partial charge is 0.160 e. The van der Waals surface area contributed by atoms with Crippen molar-refractivity contribution in [3.63, 3.8) is 0 Å². The van der Waals surface area contributed by atoms with Crippen LogP contribution in [0.5, 0.6) is 0 Å². The van der Waals surface area contributed by atoms with Gasteiger partial charge in [-0.05, 0) is 49.2 Å². The van der Waals surface area contributed by atoms with Crippen LogP contribution < -0.4 is 0 Å². The van der Waals surface area contributed by atoms with Crippen molar-refractivity contribution in [2.45, 2.75) is 30.2 Å². The van der Waals surface area contributed by atoms with Crippen LogP contribution in [-0.2, 0) is 0 Å². The molecular weight excluding hydrogens is 245 g/mol. The van der Waals surface area contributed by atoms with E-state index in [1.165, 1.54) is 6.07 Å². The first-order valence-corrected chi connectivity index (χ1v) is 6.13. The molecule has 0 bridgehead atoms. The number of benzene rings is 1. The molecule has 1 aromatic rings. The minimum absolute atomic E-state index is 0.0889. The van der Waals surface area contributed by atoms with Gasteiger partial charge in [-0.1, -0.05) is 17.9 Å². The van der Waals surface area contributed by atoms with Crippen LogP contribution in [0.1, 0.15) is 24.0 Å². The number of halogens is 3. The molecule has 4 heteroatoms. The molecule has 2 rings (SSSR count). The van der Waals surface area contributed by atoms with Crippen molar-refractivity contribution in [2.24, 2.45) is 5.92 Å². The molecule has 1 aromatic carbocycles. The van der Waals surface area contributed by atoms with E-state index < -0.39 is 5.51 Å². The fraction of sp³-hybridized carbons (Fsp3) is 0.385. The molecule has 90 valence electrons. The van der Waals surface area contributed by atoms with Crippen LogP contribution in [0.4, 0.5) is 13.2 Å². The summed E-state index contributed by atoms with van der Waals surface area (Å²) >= 11 is -0.0889. The first-order valence-electron chi connectivity index (χ1n) is 5.32. The minimum Gasteiger partial charge on any atom is -0.160 e. The zero-order valence-electron chi connectivity index (χ0n) is 9.27. The quantitative estimate of drug-likeness (QED) is 0.531. The molecule has 0 nitrogen and oxygen atoms in total. The predicted octanol–water partition coefficient (Wildman–Crippen LogP) is 4.37. The van der Waals surface area contributed by atoms with Gasteiger partial charge >= 0.3 is 5.51 Å². The molecule has 1 aliphatic carbocycles. The van der Waals surface area contributed by atoms with Gasteiger partial charge in [0.05, 0.1) is 0 Å². The van der Waals surface area contributed by atoms with Crippen molar-refractivity contribution < 1.29 is 13.2 Å². The van der Waals surface area contributed by atoms with Gasteiger partial charge in [0.1, 0.15) is 0 Å². The average molecular weight is 256 g/mol. The Morgan fingerprint density at radius 3 is 2.59 bits per heavy atom. The lowest BCUT2D eigenvalue weighted by Gasteiger charge is -2.08. The van der Waals surface area contributed by atoms with E-state index in [-0.39, 0.29) is 16.7 Å². The van der Waals surface area contributed by atoms with E-state index in [2.05, 4.69) is 11.8 Å². The Balaban J connectivity index is 2.27. The van der Waals surface area contributed by atoms with Gasteiger partial charge in [0.25, 0.3) is 0 Å². The van der Waals surface area contributed by atoms with Gasteiger partial charge in [0, 0.05) is 16.4 Å². The highest BCUT2D eigenvalue weighted by atomic mass is 32.2. The van der Waals surface area contributed by atoms with Gasteiger partial charge in [0.2, 0.25) is 0 Å². The van der Waals surface area contributed by atoms with E-state index >= 15 is 0 Å². The van der Waals surface area contributed by atoms with Crippen molar-refractivity contribution in [3.8, 4) is 11.8 Å². The molecule has 1 saturated carbocycles. The fourth-order valence-corrected chi connectivity index (χ4v) is 2.07. The summed E-state index contributed by atoms with van der Waals surface area (Å²) in [7, 11) is 0. The van der Waals surface area contributed by atoms with Crippen LogP contribution in [0.2, 0.25) is 0 Å². The van der Waals surface area contributed by atoms with Gasteiger partial charge in [-0.15, -0.1) is 0 Å².